The van der Waals surface area contributed by atoms with Gasteiger partial charge in [0.1, 0.15) is 11.5 Å². The Labute approximate surface area is 101 Å². The highest BCUT2D eigenvalue weighted by atomic mass is 32.1. The number of anilines is 1. The van der Waals surface area contributed by atoms with Gasteiger partial charge in [0, 0.05) is 18.2 Å². The number of nitrogens with zero attached hydrogens (tertiary/aromatic N) is 2. The number of halogens is 3. The Hall–Kier alpha value is -1.24. The van der Waals surface area contributed by atoms with Gasteiger partial charge >= 0.3 is 6.18 Å². The van der Waals surface area contributed by atoms with Crippen molar-refractivity contribution in [2.24, 2.45) is 0 Å². The lowest BCUT2D eigenvalue weighted by Crippen LogP contribution is -2.26. The minimum absolute atomic E-state index is 0.0291. The minimum atomic E-state index is -4.50. The van der Waals surface area contributed by atoms with E-state index in [4.69, 9.17) is 0 Å². The predicted octanol–water partition coefficient (Wildman–Crippen LogP) is 2.14. The topological polar surface area (TPSA) is 33.2 Å². The average Bonchev–Trinajstić information content (AvgIpc) is 2.57. The van der Waals surface area contributed by atoms with Crippen LogP contribution in [-0.2, 0) is 11.0 Å². The van der Waals surface area contributed by atoms with Crippen LogP contribution in [-0.4, -0.2) is 22.7 Å². The Bertz CT molecular complexity index is 449. The fraction of sp³-hybridized carbons (Fsp3) is 0.400. The third-order valence-corrected chi connectivity index (χ3v) is 2.75. The summed E-state index contributed by atoms with van der Waals surface area (Å²) in [6, 6.07) is 3.51. The smallest absolute Gasteiger partial charge is 0.296 e. The predicted molar refractivity (Wildman–Crippen MR) is 59.0 cm³/mol. The van der Waals surface area contributed by atoms with Gasteiger partial charge in [-0.2, -0.15) is 25.8 Å². The van der Waals surface area contributed by atoms with E-state index in [2.05, 4.69) is 17.6 Å². The van der Waals surface area contributed by atoms with E-state index in [9.17, 15) is 18.0 Å². The van der Waals surface area contributed by atoms with Gasteiger partial charge in [0.25, 0.3) is 0 Å². The molecule has 1 aromatic heterocycles. The number of amides is 1. The maximum Gasteiger partial charge on any atom is 0.433 e. The van der Waals surface area contributed by atoms with Crippen LogP contribution >= 0.6 is 12.6 Å². The number of alkyl halides is 3. The molecule has 1 aliphatic heterocycles. The second kappa shape index (κ2) is 4.21. The van der Waals surface area contributed by atoms with Crippen molar-refractivity contribution in [3.8, 4) is 0 Å². The molecule has 0 bridgehead atoms. The SMILES string of the molecule is O=C1CC(S)CN1c1cccc(C(F)(F)F)n1. The lowest BCUT2D eigenvalue weighted by molar-refractivity contribution is -0.141. The van der Waals surface area contributed by atoms with Crippen molar-refractivity contribution in [1.29, 1.82) is 0 Å². The summed E-state index contributed by atoms with van der Waals surface area (Å²) in [4.78, 5) is 16.2. The molecule has 0 aliphatic carbocycles. The van der Waals surface area contributed by atoms with Gasteiger partial charge in [-0.25, -0.2) is 4.98 Å². The van der Waals surface area contributed by atoms with E-state index in [1.807, 2.05) is 0 Å². The largest absolute Gasteiger partial charge is 0.433 e. The third-order valence-electron chi connectivity index (χ3n) is 2.41. The van der Waals surface area contributed by atoms with Crippen LogP contribution in [0.15, 0.2) is 18.2 Å². The van der Waals surface area contributed by atoms with E-state index >= 15 is 0 Å². The molecular weight excluding hydrogens is 253 g/mol. The van der Waals surface area contributed by atoms with Gasteiger partial charge in [-0.3, -0.25) is 9.69 Å². The van der Waals surface area contributed by atoms with Gasteiger partial charge < -0.3 is 0 Å². The number of rotatable bonds is 1. The van der Waals surface area contributed by atoms with Crippen molar-refractivity contribution < 1.29 is 18.0 Å². The van der Waals surface area contributed by atoms with Gasteiger partial charge in [-0.05, 0) is 12.1 Å². The molecule has 1 saturated heterocycles. The number of carbonyl (C=O) groups is 1. The molecule has 1 amide bonds. The molecule has 0 aromatic carbocycles. The zero-order chi connectivity index (χ0) is 12.6. The van der Waals surface area contributed by atoms with Gasteiger partial charge in [0.15, 0.2) is 0 Å². The second-order valence-electron chi connectivity index (χ2n) is 3.74. The normalized spacial score (nSPS) is 21.1. The minimum Gasteiger partial charge on any atom is -0.296 e. The quantitative estimate of drug-likeness (QED) is 0.787. The molecule has 1 aromatic rings. The van der Waals surface area contributed by atoms with Gasteiger partial charge in [-0.1, -0.05) is 6.07 Å². The van der Waals surface area contributed by atoms with Crippen LogP contribution < -0.4 is 4.90 Å². The molecule has 0 spiro atoms. The highest BCUT2D eigenvalue weighted by Crippen LogP contribution is 2.30. The Morgan fingerprint density at radius 3 is 2.65 bits per heavy atom. The number of pyridine rings is 1. The Morgan fingerprint density at radius 2 is 2.12 bits per heavy atom. The van der Waals surface area contributed by atoms with Gasteiger partial charge in [-0.15, -0.1) is 0 Å². The summed E-state index contributed by atoms with van der Waals surface area (Å²) < 4.78 is 37.3. The monoisotopic (exact) mass is 262 g/mol. The second-order valence-corrected chi connectivity index (χ2v) is 4.47. The summed E-state index contributed by atoms with van der Waals surface area (Å²) >= 11 is 4.13. The Morgan fingerprint density at radius 1 is 1.41 bits per heavy atom. The molecule has 0 radical (unpaired) electrons. The highest BCUT2D eigenvalue weighted by molar-refractivity contribution is 7.81. The van der Waals surface area contributed by atoms with E-state index in [0.717, 1.165) is 6.07 Å². The Balaban J connectivity index is 2.31. The molecule has 0 N–H and O–H groups in total. The van der Waals surface area contributed by atoms with Crippen LogP contribution in [0.25, 0.3) is 0 Å². The van der Waals surface area contributed by atoms with Crippen molar-refractivity contribution in [2.75, 3.05) is 11.4 Å². The number of carbonyl (C=O) groups excluding carboxylic acids is 1. The summed E-state index contributed by atoms with van der Waals surface area (Å²) in [5, 5.41) is -0.154. The van der Waals surface area contributed by atoms with E-state index in [1.165, 1.54) is 17.0 Å². The third kappa shape index (κ3) is 2.54. The first-order valence-electron chi connectivity index (χ1n) is 4.90. The molecule has 92 valence electrons. The maximum absolute atomic E-state index is 12.4. The van der Waals surface area contributed by atoms with E-state index in [0.29, 0.717) is 0 Å². The highest BCUT2D eigenvalue weighted by Gasteiger charge is 2.34. The average molecular weight is 262 g/mol. The summed E-state index contributed by atoms with van der Waals surface area (Å²) in [6.45, 7) is 0.288. The van der Waals surface area contributed by atoms with Gasteiger partial charge in [0.05, 0.1) is 0 Å². The van der Waals surface area contributed by atoms with Crippen LogP contribution in [0.4, 0.5) is 19.0 Å². The summed E-state index contributed by atoms with van der Waals surface area (Å²) in [5.74, 6) is -0.224. The van der Waals surface area contributed by atoms with E-state index in [1.54, 1.807) is 0 Å². The number of thiol groups is 1. The summed E-state index contributed by atoms with van der Waals surface area (Å²) in [6.07, 6.45) is -4.28. The molecule has 7 heteroatoms. The molecule has 17 heavy (non-hydrogen) atoms. The van der Waals surface area contributed by atoms with Crippen LogP contribution in [0, 0.1) is 0 Å². The standard InChI is InChI=1S/C10H9F3N2OS/c11-10(12,13)7-2-1-3-8(14-7)15-5-6(17)4-9(15)16/h1-3,6,17H,4-5H2. The maximum atomic E-state index is 12.4. The molecule has 1 atom stereocenters. The van der Waals surface area contributed by atoms with Crippen LogP contribution in [0.5, 0.6) is 0 Å². The van der Waals surface area contributed by atoms with Crippen LogP contribution in [0.2, 0.25) is 0 Å². The van der Waals surface area contributed by atoms with Gasteiger partial charge in [0.2, 0.25) is 5.91 Å². The van der Waals surface area contributed by atoms with Crippen molar-refractivity contribution in [2.45, 2.75) is 17.8 Å². The van der Waals surface area contributed by atoms with Crippen molar-refractivity contribution in [1.82, 2.24) is 4.98 Å². The number of hydrogen-bond donors (Lipinski definition) is 1. The zero-order valence-corrected chi connectivity index (χ0v) is 9.50. The molecule has 1 unspecified atom stereocenters. The zero-order valence-electron chi connectivity index (χ0n) is 8.61. The fourth-order valence-corrected chi connectivity index (χ4v) is 1.96. The van der Waals surface area contributed by atoms with Crippen molar-refractivity contribution >= 4 is 24.4 Å². The molecule has 0 saturated carbocycles. The number of aromatic nitrogens is 1. The van der Waals surface area contributed by atoms with Crippen LogP contribution in [0.3, 0.4) is 0 Å². The number of hydrogen-bond acceptors (Lipinski definition) is 3. The van der Waals surface area contributed by atoms with E-state index < -0.39 is 11.9 Å². The summed E-state index contributed by atoms with van der Waals surface area (Å²) in [7, 11) is 0. The first-order valence-corrected chi connectivity index (χ1v) is 5.42. The lowest BCUT2D eigenvalue weighted by Gasteiger charge is -2.16. The first-order chi connectivity index (χ1) is 7.88. The fourth-order valence-electron chi connectivity index (χ4n) is 1.64. The van der Waals surface area contributed by atoms with Crippen LogP contribution in [0.1, 0.15) is 12.1 Å². The lowest BCUT2D eigenvalue weighted by atomic mass is 10.3. The van der Waals surface area contributed by atoms with E-state index in [-0.39, 0.29) is 29.9 Å². The molecule has 2 rings (SSSR count). The molecular formula is C10H9F3N2OS. The Kier molecular flexibility index (Phi) is 3.03. The molecule has 2 heterocycles. The van der Waals surface area contributed by atoms with Crippen molar-refractivity contribution in [3.05, 3.63) is 23.9 Å². The summed E-state index contributed by atoms with van der Waals surface area (Å²) in [5.41, 5.74) is -0.995. The molecule has 3 nitrogen and oxygen atoms in total. The molecule has 1 fully saturated rings. The molecule has 1 aliphatic rings. The van der Waals surface area contributed by atoms with Crippen molar-refractivity contribution in [3.63, 3.8) is 0 Å². The first kappa shape index (κ1) is 12.2.